The highest BCUT2D eigenvalue weighted by atomic mass is 32.2. The summed E-state index contributed by atoms with van der Waals surface area (Å²) in [6.07, 6.45) is 1.12. The first-order valence-corrected chi connectivity index (χ1v) is 8.72. The average molecular weight is 346 g/mol. The van der Waals surface area contributed by atoms with Crippen LogP contribution in [0.3, 0.4) is 0 Å². The van der Waals surface area contributed by atoms with Crippen LogP contribution in [0.1, 0.15) is 19.8 Å². The number of carbonyl (C=O) groups excluding carboxylic acids is 1. The Bertz CT molecular complexity index is 948. The molecule has 2 aromatic heterocycles. The minimum Gasteiger partial charge on any atom is -0.469 e. The fraction of sp³-hybridized carbons (Fsp3) is 0.375. The van der Waals surface area contributed by atoms with E-state index in [-0.39, 0.29) is 11.5 Å². The number of benzene rings is 1. The zero-order valence-corrected chi connectivity index (χ0v) is 14.4. The number of aryl methyl sites for hydroxylation is 1. The third kappa shape index (κ3) is 2.89. The second kappa shape index (κ2) is 7.04. The van der Waals surface area contributed by atoms with Crippen LogP contribution in [0, 0.1) is 0 Å². The van der Waals surface area contributed by atoms with Crippen molar-refractivity contribution in [1.29, 1.82) is 0 Å². The maximum absolute atomic E-state index is 12.7. The Morgan fingerprint density at radius 3 is 2.83 bits per heavy atom. The summed E-state index contributed by atoms with van der Waals surface area (Å²) < 4.78 is 8.19. The van der Waals surface area contributed by atoms with Gasteiger partial charge in [-0.25, -0.2) is 0 Å². The van der Waals surface area contributed by atoms with Crippen LogP contribution in [0.2, 0.25) is 0 Å². The molecule has 0 saturated carbocycles. The third-order valence-corrected chi connectivity index (χ3v) is 4.62. The molecule has 3 rings (SSSR count). The topological polar surface area (TPSA) is 78.5 Å². The molecular formula is C16H18N4O3S. The number of methoxy groups -OCH3 is 1. The maximum Gasteiger partial charge on any atom is 0.306 e. The number of esters is 1. The molecule has 0 spiro atoms. The summed E-state index contributed by atoms with van der Waals surface area (Å²) in [6, 6.07) is 7.43. The minimum atomic E-state index is -0.260. The van der Waals surface area contributed by atoms with Crippen LogP contribution >= 0.6 is 11.8 Å². The van der Waals surface area contributed by atoms with E-state index < -0.39 is 0 Å². The fourth-order valence-electron chi connectivity index (χ4n) is 2.58. The molecule has 2 heterocycles. The molecule has 0 bridgehead atoms. The average Bonchev–Trinajstić information content (AvgIpc) is 3.02. The van der Waals surface area contributed by atoms with Crippen molar-refractivity contribution in [2.45, 2.75) is 31.5 Å². The smallest absolute Gasteiger partial charge is 0.306 e. The first kappa shape index (κ1) is 16.5. The van der Waals surface area contributed by atoms with Gasteiger partial charge in [0.2, 0.25) is 5.78 Å². The number of carbonyl (C=O) groups is 1. The summed E-state index contributed by atoms with van der Waals surface area (Å²) in [7, 11) is 1.37. The maximum atomic E-state index is 12.7. The van der Waals surface area contributed by atoms with E-state index in [2.05, 4.69) is 14.9 Å². The van der Waals surface area contributed by atoms with Crippen molar-refractivity contribution in [1.82, 2.24) is 19.2 Å². The SMILES string of the molecule is CCCn1c(=O)c2ccccc2n2c(SCCC(=O)OC)nnc12. The molecule has 126 valence electrons. The van der Waals surface area contributed by atoms with Gasteiger partial charge in [0.25, 0.3) is 5.56 Å². The number of fused-ring (bicyclic) bond motifs is 3. The molecule has 0 radical (unpaired) electrons. The lowest BCUT2D eigenvalue weighted by Crippen LogP contribution is -2.23. The van der Waals surface area contributed by atoms with Gasteiger partial charge >= 0.3 is 5.97 Å². The molecule has 0 aliphatic carbocycles. The zero-order valence-electron chi connectivity index (χ0n) is 13.6. The van der Waals surface area contributed by atoms with Crippen molar-refractivity contribution in [2.75, 3.05) is 12.9 Å². The lowest BCUT2D eigenvalue weighted by Gasteiger charge is -2.10. The normalized spacial score (nSPS) is 11.2. The predicted molar refractivity (Wildman–Crippen MR) is 92.4 cm³/mol. The molecule has 0 aliphatic heterocycles. The van der Waals surface area contributed by atoms with Gasteiger partial charge in [0.15, 0.2) is 5.16 Å². The lowest BCUT2D eigenvalue weighted by molar-refractivity contribution is -0.140. The van der Waals surface area contributed by atoms with Crippen molar-refractivity contribution in [2.24, 2.45) is 0 Å². The molecule has 3 aromatic rings. The second-order valence-corrected chi connectivity index (χ2v) is 6.33. The van der Waals surface area contributed by atoms with Crippen LogP contribution in [0.4, 0.5) is 0 Å². The van der Waals surface area contributed by atoms with E-state index in [1.165, 1.54) is 18.9 Å². The number of para-hydroxylation sites is 1. The highest BCUT2D eigenvalue weighted by Crippen LogP contribution is 2.22. The quantitative estimate of drug-likeness (QED) is 0.502. The van der Waals surface area contributed by atoms with Gasteiger partial charge in [-0.1, -0.05) is 30.8 Å². The summed E-state index contributed by atoms with van der Waals surface area (Å²) in [5.41, 5.74) is 0.717. The summed E-state index contributed by atoms with van der Waals surface area (Å²) >= 11 is 1.42. The molecular weight excluding hydrogens is 328 g/mol. The van der Waals surface area contributed by atoms with E-state index in [9.17, 15) is 9.59 Å². The molecule has 8 heteroatoms. The Morgan fingerprint density at radius 1 is 1.29 bits per heavy atom. The standard InChI is InChI=1S/C16H18N4O3S/c1-3-9-19-14(22)11-6-4-5-7-12(11)20-15(19)17-18-16(20)24-10-8-13(21)23-2/h4-7H,3,8-10H2,1-2H3. The molecule has 24 heavy (non-hydrogen) atoms. The van der Waals surface area contributed by atoms with Crippen LogP contribution in [0.15, 0.2) is 34.2 Å². The number of hydrogen-bond acceptors (Lipinski definition) is 6. The molecule has 0 atom stereocenters. The zero-order chi connectivity index (χ0) is 17.1. The van der Waals surface area contributed by atoms with Crippen LogP contribution in [-0.4, -0.2) is 38.0 Å². The Balaban J connectivity index is 2.12. The number of hydrogen-bond donors (Lipinski definition) is 0. The summed E-state index contributed by atoms with van der Waals surface area (Å²) in [4.78, 5) is 24.0. The molecule has 0 saturated heterocycles. The first-order valence-electron chi connectivity index (χ1n) is 7.73. The molecule has 1 aromatic carbocycles. The van der Waals surface area contributed by atoms with Crippen molar-refractivity contribution >= 4 is 34.4 Å². The highest BCUT2D eigenvalue weighted by Gasteiger charge is 2.16. The van der Waals surface area contributed by atoms with Gasteiger partial charge in [0.05, 0.1) is 24.4 Å². The highest BCUT2D eigenvalue weighted by molar-refractivity contribution is 7.99. The van der Waals surface area contributed by atoms with Gasteiger partial charge in [-0.2, -0.15) is 0 Å². The van der Waals surface area contributed by atoms with Crippen LogP contribution in [-0.2, 0) is 16.1 Å². The third-order valence-electron chi connectivity index (χ3n) is 3.69. The fourth-order valence-corrected chi connectivity index (χ4v) is 3.44. The minimum absolute atomic E-state index is 0.0570. The Hall–Kier alpha value is -2.35. The molecule has 0 unspecified atom stereocenters. The monoisotopic (exact) mass is 346 g/mol. The molecule has 0 aliphatic rings. The van der Waals surface area contributed by atoms with Crippen LogP contribution in [0.25, 0.3) is 16.7 Å². The predicted octanol–water partition coefficient (Wildman–Crippen LogP) is 2.11. The Labute approximate surface area is 142 Å². The number of thioether (sulfide) groups is 1. The summed E-state index contributed by atoms with van der Waals surface area (Å²) in [6.45, 7) is 2.60. The largest absolute Gasteiger partial charge is 0.469 e. The van der Waals surface area contributed by atoms with Crippen molar-refractivity contribution < 1.29 is 9.53 Å². The van der Waals surface area contributed by atoms with Crippen molar-refractivity contribution in [3.05, 3.63) is 34.6 Å². The number of rotatable bonds is 6. The van der Waals surface area contributed by atoms with Gasteiger partial charge < -0.3 is 4.74 Å². The van der Waals surface area contributed by atoms with Gasteiger partial charge in [-0.15, -0.1) is 10.2 Å². The lowest BCUT2D eigenvalue weighted by atomic mass is 10.2. The Morgan fingerprint density at radius 2 is 2.08 bits per heavy atom. The summed E-state index contributed by atoms with van der Waals surface area (Å²) in [5.74, 6) is 0.805. The van der Waals surface area contributed by atoms with E-state index in [1.807, 2.05) is 35.6 Å². The van der Waals surface area contributed by atoms with E-state index in [1.54, 1.807) is 4.57 Å². The Kier molecular flexibility index (Phi) is 4.84. The summed E-state index contributed by atoms with van der Waals surface area (Å²) in [5, 5.41) is 9.72. The first-order chi connectivity index (χ1) is 11.7. The second-order valence-electron chi connectivity index (χ2n) is 5.27. The van der Waals surface area contributed by atoms with Gasteiger partial charge in [-0.3, -0.25) is 18.6 Å². The van der Waals surface area contributed by atoms with E-state index in [4.69, 9.17) is 0 Å². The van der Waals surface area contributed by atoms with Crippen LogP contribution in [0.5, 0.6) is 0 Å². The molecule has 0 fully saturated rings. The van der Waals surface area contributed by atoms with E-state index in [0.717, 1.165) is 11.9 Å². The number of nitrogens with zero attached hydrogens (tertiary/aromatic N) is 4. The van der Waals surface area contributed by atoms with E-state index in [0.29, 0.717) is 35.0 Å². The van der Waals surface area contributed by atoms with Crippen molar-refractivity contribution in [3.8, 4) is 0 Å². The molecule has 0 N–H and O–H groups in total. The number of ether oxygens (including phenoxy) is 1. The molecule has 7 nitrogen and oxygen atoms in total. The van der Waals surface area contributed by atoms with Crippen molar-refractivity contribution in [3.63, 3.8) is 0 Å². The molecule has 0 amide bonds. The van der Waals surface area contributed by atoms with E-state index >= 15 is 0 Å². The van der Waals surface area contributed by atoms with Crippen LogP contribution < -0.4 is 5.56 Å². The van der Waals surface area contributed by atoms with Gasteiger partial charge in [0, 0.05) is 12.3 Å². The number of aromatic nitrogens is 4. The van der Waals surface area contributed by atoms with Gasteiger partial charge in [0.1, 0.15) is 0 Å². The van der Waals surface area contributed by atoms with Gasteiger partial charge in [-0.05, 0) is 18.6 Å².